The Morgan fingerprint density at radius 1 is 1.23 bits per heavy atom. The zero-order valence-corrected chi connectivity index (χ0v) is 17.6. The lowest BCUT2D eigenvalue weighted by atomic mass is 9.92. The number of aryl methyl sites for hydroxylation is 1. The number of Topliss-reactive ketones (excluding diaryl/α,β-unsaturated/α-hetero) is 1. The first kappa shape index (κ1) is 21.7. The maximum absolute atomic E-state index is 14.2. The summed E-state index contributed by atoms with van der Waals surface area (Å²) in [7, 11) is 0. The van der Waals surface area contributed by atoms with Crippen molar-refractivity contribution in [2.75, 3.05) is 13.1 Å². The van der Waals surface area contributed by atoms with Gasteiger partial charge in [-0.15, -0.1) is 10.2 Å². The van der Waals surface area contributed by atoms with Crippen molar-refractivity contribution in [2.24, 2.45) is 5.92 Å². The summed E-state index contributed by atoms with van der Waals surface area (Å²) < 4.78 is 19.6. The summed E-state index contributed by atoms with van der Waals surface area (Å²) in [5.41, 5.74) is 0.204. The SMILES string of the molecule is Cc1cc(O)c(-c2ccc(C(=O)C3CCCN(C(=O)OC(C)(C)C)C3)nn2)c(F)c1. The Labute approximate surface area is 174 Å². The van der Waals surface area contributed by atoms with Crippen molar-refractivity contribution < 1.29 is 23.8 Å². The van der Waals surface area contributed by atoms with Crippen molar-refractivity contribution in [3.63, 3.8) is 0 Å². The number of amides is 1. The van der Waals surface area contributed by atoms with E-state index >= 15 is 0 Å². The molecule has 0 spiro atoms. The number of aromatic hydroxyl groups is 1. The first-order chi connectivity index (χ1) is 14.0. The average Bonchev–Trinajstić information content (AvgIpc) is 2.66. The Morgan fingerprint density at radius 3 is 2.57 bits per heavy atom. The first-order valence-electron chi connectivity index (χ1n) is 9.90. The molecule has 0 bridgehead atoms. The lowest BCUT2D eigenvalue weighted by Crippen LogP contribution is -2.44. The molecule has 2 heterocycles. The molecule has 8 heteroatoms. The minimum absolute atomic E-state index is 0.0548. The van der Waals surface area contributed by atoms with Crippen molar-refractivity contribution in [1.82, 2.24) is 15.1 Å². The van der Waals surface area contributed by atoms with Gasteiger partial charge in [-0.05, 0) is 70.4 Å². The molecular weight excluding hydrogens is 389 g/mol. The lowest BCUT2D eigenvalue weighted by molar-refractivity contribution is 0.0171. The summed E-state index contributed by atoms with van der Waals surface area (Å²) >= 11 is 0. The predicted molar refractivity (Wildman–Crippen MR) is 109 cm³/mol. The third kappa shape index (κ3) is 4.93. The molecule has 1 aliphatic rings. The van der Waals surface area contributed by atoms with E-state index in [0.717, 1.165) is 0 Å². The molecule has 7 nitrogen and oxygen atoms in total. The molecule has 0 saturated carbocycles. The van der Waals surface area contributed by atoms with Crippen LogP contribution in [0, 0.1) is 18.7 Å². The molecule has 1 aromatic heterocycles. The molecule has 1 atom stereocenters. The summed E-state index contributed by atoms with van der Waals surface area (Å²) in [6.45, 7) is 7.85. The molecule has 30 heavy (non-hydrogen) atoms. The summed E-state index contributed by atoms with van der Waals surface area (Å²) in [5, 5.41) is 17.9. The predicted octanol–water partition coefficient (Wildman–Crippen LogP) is 4.13. The topological polar surface area (TPSA) is 92.6 Å². The summed E-state index contributed by atoms with van der Waals surface area (Å²) in [6, 6.07) is 5.66. The molecule has 3 rings (SSSR count). The van der Waals surface area contributed by atoms with Gasteiger partial charge in [0.25, 0.3) is 0 Å². The quantitative estimate of drug-likeness (QED) is 0.758. The summed E-state index contributed by atoms with van der Waals surface area (Å²) in [4.78, 5) is 26.7. The first-order valence-corrected chi connectivity index (χ1v) is 9.90. The highest BCUT2D eigenvalue weighted by Crippen LogP contribution is 2.31. The van der Waals surface area contributed by atoms with Crippen molar-refractivity contribution >= 4 is 11.9 Å². The van der Waals surface area contributed by atoms with E-state index in [1.165, 1.54) is 24.3 Å². The molecule has 2 aromatic rings. The number of nitrogens with zero attached hydrogens (tertiary/aromatic N) is 3. The van der Waals surface area contributed by atoms with Crippen LogP contribution < -0.4 is 0 Å². The highest BCUT2D eigenvalue weighted by Gasteiger charge is 2.32. The minimum atomic E-state index is -0.610. The molecule has 0 aliphatic carbocycles. The smallest absolute Gasteiger partial charge is 0.410 e. The third-order valence-electron chi connectivity index (χ3n) is 4.83. The van der Waals surface area contributed by atoms with Gasteiger partial charge in [0.15, 0.2) is 5.78 Å². The Balaban J connectivity index is 1.74. The Bertz CT molecular complexity index is 931. The highest BCUT2D eigenvalue weighted by molar-refractivity contribution is 5.96. The number of likely N-dealkylation sites (tertiary alicyclic amines) is 1. The van der Waals surface area contributed by atoms with Gasteiger partial charge in [-0.25, -0.2) is 9.18 Å². The zero-order valence-electron chi connectivity index (χ0n) is 17.6. The van der Waals surface area contributed by atoms with Crippen LogP contribution in [0.3, 0.4) is 0 Å². The molecule has 1 N–H and O–H groups in total. The standard InChI is InChI=1S/C22H26FN3O4/c1-13-10-15(23)19(18(27)11-13)16-7-8-17(25-24-16)20(28)14-6-5-9-26(12-14)21(29)30-22(2,3)4/h7-8,10-11,14,27H,5-6,9,12H2,1-4H3. The van der Waals surface area contributed by atoms with Crippen LogP contribution in [-0.2, 0) is 4.74 Å². The lowest BCUT2D eigenvalue weighted by Gasteiger charge is -2.33. The van der Waals surface area contributed by atoms with E-state index in [9.17, 15) is 19.1 Å². The Hall–Kier alpha value is -3.03. The minimum Gasteiger partial charge on any atom is -0.507 e. The van der Waals surface area contributed by atoms with Crippen LogP contribution in [0.2, 0.25) is 0 Å². The fourth-order valence-electron chi connectivity index (χ4n) is 3.47. The van der Waals surface area contributed by atoms with Gasteiger partial charge in [0, 0.05) is 19.0 Å². The second-order valence-corrected chi connectivity index (χ2v) is 8.57. The van der Waals surface area contributed by atoms with Gasteiger partial charge in [0.2, 0.25) is 0 Å². The molecule has 1 aliphatic heterocycles. The number of rotatable bonds is 3. The normalized spacial score (nSPS) is 17.0. The maximum atomic E-state index is 14.2. The summed E-state index contributed by atoms with van der Waals surface area (Å²) in [6.07, 6.45) is 0.880. The Kier molecular flexibility index (Phi) is 6.05. The fourth-order valence-corrected chi connectivity index (χ4v) is 3.47. The number of ether oxygens (including phenoxy) is 1. The molecule has 1 aromatic carbocycles. The van der Waals surface area contributed by atoms with Gasteiger partial charge < -0.3 is 14.7 Å². The number of phenols is 1. The third-order valence-corrected chi connectivity index (χ3v) is 4.83. The average molecular weight is 415 g/mol. The van der Waals surface area contributed by atoms with Crippen molar-refractivity contribution in [2.45, 2.75) is 46.1 Å². The van der Waals surface area contributed by atoms with Gasteiger partial charge in [-0.1, -0.05) is 0 Å². The number of benzene rings is 1. The number of hydrogen-bond donors (Lipinski definition) is 1. The second kappa shape index (κ2) is 8.38. The van der Waals surface area contributed by atoms with E-state index in [1.54, 1.807) is 32.6 Å². The molecule has 1 fully saturated rings. The number of ketones is 1. The van der Waals surface area contributed by atoms with Crippen LogP contribution >= 0.6 is 0 Å². The number of aromatic nitrogens is 2. The molecule has 1 saturated heterocycles. The van der Waals surface area contributed by atoms with E-state index in [4.69, 9.17) is 4.74 Å². The van der Waals surface area contributed by atoms with Gasteiger partial charge >= 0.3 is 6.09 Å². The van der Waals surface area contributed by atoms with Crippen LogP contribution in [0.15, 0.2) is 24.3 Å². The van der Waals surface area contributed by atoms with Gasteiger partial charge in [-0.3, -0.25) is 4.79 Å². The van der Waals surface area contributed by atoms with Gasteiger partial charge in [-0.2, -0.15) is 0 Å². The fraction of sp³-hybridized carbons (Fsp3) is 0.455. The number of carbonyl (C=O) groups is 2. The van der Waals surface area contributed by atoms with Crippen LogP contribution in [0.1, 0.15) is 49.7 Å². The number of carbonyl (C=O) groups excluding carboxylic acids is 2. The van der Waals surface area contributed by atoms with E-state index < -0.39 is 23.4 Å². The van der Waals surface area contributed by atoms with E-state index in [-0.39, 0.29) is 35.0 Å². The van der Waals surface area contributed by atoms with Gasteiger partial charge in [0.1, 0.15) is 22.9 Å². The van der Waals surface area contributed by atoms with E-state index in [0.29, 0.717) is 24.9 Å². The highest BCUT2D eigenvalue weighted by atomic mass is 19.1. The Morgan fingerprint density at radius 2 is 1.97 bits per heavy atom. The largest absolute Gasteiger partial charge is 0.507 e. The van der Waals surface area contributed by atoms with Crippen molar-refractivity contribution in [1.29, 1.82) is 0 Å². The molecule has 1 amide bonds. The number of piperidine rings is 1. The zero-order chi connectivity index (χ0) is 22.1. The molecule has 1 unspecified atom stereocenters. The van der Waals surface area contributed by atoms with Crippen molar-refractivity contribution in [3.8, 4) is 17.0 Å². The van der Waals surface area contributed by atoms with Crippen LogP contribution in [0.5, 0.6) is 5.75 Å². The van der Waals surface area contributed by atoms with Crippen LogP contribution in [0.4, 0.5) is 9.18 Å². The van der Waals surface area contributed by atoms with E-state index in [2.05, 4.69) is 10.2 Å². The van der Waals surface area contributed by atoms with Crippen molar-refractivity contribution in [3.05, 3.63) is 41.3 Å². The van der Waals surface area contributed by atoms with E-state index in [1.807, 2.05) is 0 Å². The van der Waals surface area contributed by atoms with Crippen LogP contribution in [0.25, 0.3) is 11.3 Å². The molecular formula is C22H26FN3O4. The monoisotopic (exact) mass is 415 g/mol. The number of hydrogen-bond acceptors (Lipinski definition) is 6. The summed E-state index contributed by atoms with van der Waals surface area (Å²) in [5.74, 6) is -1.48. The molecule has 0 radical (unpaired) electrons. The second-order valence-electron chi connectivity index (χ2n) is 8.57. The maximum Gasteiger partial charge on any atom is 0.410 e. The van der Waals surface area contributed by atoms with Gasteiger partial charge in [0.05, 0.1) is 11.3 Å². The molecule has 160 valence electrons. The number of halogens is 1. The van der Waals surface area contributed by atoms with Crippen LogP contribution in [-0.4, -0.2) is 50.8 Å². The number of phenolic OH excluding ortho intramolecular Hbond substituents is 1.